The summed E-state index contributed by atoms with van der Waals surface area (Å²) in [5, 5.41) is 9.02. The summed E-state index contributed by atoms with van der Waals surface area (Å²) in [4.78, 5) is 0. The fourth-order valence-electron chi connectivity index (χ4n) is 0.732. The van der Waals surface area contributed by atoms with Gasteiger partial charge in [0.25, 0.3) is 0 Å². The van der Waals surface area contributed by atoms with Gasteiger partial charge in [-0.05, 0) is 25.8 Å². The maximum absolute atomic E-state index is 9.02. The Kier molecular flexibility index (Phi) is 13.2. The largest absolute Gasteiger partial charge is 0.389 e. The van der Waals surface area contributed by atoms with Crippen molar-refractivity contribution in [2.75, 3.05) is 13.3 Å². The molecule has 0 aliphatic heterocycles. The predicted octanol–water partition coefficient (Wildman–Crippen LogP) is 1.86. The van der Waals surface area contributed by atoms with E-state index in [2.05, 4.69) is 18.4 Å². The van der Waals surface area contributed by atoms with Crippen LogP contribution in [0.3, 0.4) is 0 Å². The van der Waals surface area contributed by atoms with Crippen LogP contribution < -0.4 is 5.73 Å². The molecule has 13 heavy (non-hydrogen) atoms. The van der Waals surface area contributed by atoms with Gasteiger partial charge in [0.15, 0.2) is 0 Å². The number of nitrogens with two attached hydrogens (primary N) is 1. The highest BCUT2D eigenvalue weighted by Gasteiger charge is 1.95. The van der Waals surface area contributed by atoms with Crippen molar-refractivity contribution < 1.29 is 5.11 Å². The molecule has 0 fully saturated rings. The first-order chi connectivity index (χ1) is 6.30. The van der Waals surface area contributed by atoms with Crippen molar-refractivity contribution in [1.29, 1.82) is 0 Å². The zero-order valence-electron chi connectivity index (χ0n) is 8.44. The van der Waals surface area contributed by atoms with Crippen molar-refractivity contribution in [2.24, 2.45) is 5.73 Å². The van der Waals surface area contributed by atoms with Gasteiger partial charge in [0, 0.05) is 0 Å². The van der Waals surface area contributed by atoms with Crippen LogP contribution in [0, 0.1) is 0 Å². The van der Waals surface area contributed by atoms with Gasteiger partial charge in [-0.25, -0.2) is 0 Å². The summed E-state index contributed by atoms with van der Waals surface area (Å²) in [7, 11) is 1.50. The van der Waals surface area contributed by atoms with Crippen molar-refractivity contribution >= 4 is 12.6 Å². The van der Waals surface area contributed by atoms with E-state index in [1.807, 2.05) is 30.3 Å². The Morgan fingerprint density at radius 1 is 1.15 bits per heavy atom. The number of thiol groups is 1. The van der Waals surface area contributed by atoms with Gasteiger partial charge in [0.05, 0.1) is 6.10 Å². The molecule has 0 saturated carbocycles. The van der Waals surface area contributed by atoms with Crippen LogP contribution in [0.5, 0.6) is 0 Å². The van der Waals surface area contributed by atoms with Crippen molar-refractivity contribution in [1.82, 2.24) is 0 Å². The minimum Gasteiger partial charge on any atom is -0.389 e. The summed E-state index contributed by atoms with van der Waals surface area (Å²) in [6.07, 6.45) is 1.35. The molecule has 3 heteroatoms. The third-order valence-electron chi connectivity index (χ3n) is 1.28. The first kappa shape index (κ1) is 15.0. The summed E-state index contributed by atoms with van der Waals surface area (Å²) in [6, 6.07) is 9.59. The van der Waals surface area contributed by atoms with Crippen LogP contribution in [0.15, 0.2) is 30.3 Å². The molecule has 1 aromatic carbocycles. The number of aliphatic hydroxyl groups excluding tert-OH is 1. The maximum atomic E-state index is 9.02. The van der Waals surface area contributed by atoms with Crippen LogP contribution in [0.4, 0.5) is 0 Å². The standard InChI is InChI=1S/C8H10O.CH5N.CH4S/c1-7(9)8-5-3-2-4-6-8;2*1-2/h2-7,9H,1H3;2H2,1H3;2H,1H3. The highest BCUT2D eigenvalue weighted by atomic mass is 32.1. The minimum atomic E-state index is -0.341. The Morgan fingerprint density at radius 3 is 1.77 bits per heavy atom. The average Bonchev–Trinajstić information content (AvgIpc) is 2.25. The molecule has 0 aliphatic rings. The summed E-state index contributed by atoms with van der Waals surface area (Å²) in [6.45, 7) is 1.76. The van der Waals surface area contributed by atoms with Crippen LogP contribution in [-0.2, 0) is 0 Å². The van der Waals surface area contributed by atoms with Gasteiger partial charge in [0.2, 0.25) is 0 Å². The van der Waals surface area contributed by atoms with E-state index in [1.165, 1.54) is 7.05 Å². The maximum Gasteiger partial charge on any atom is 0.0761 e. The lowest BCUT2D eigenvalue weighted by Crippen LogP contribution is -1.87. The normalized spacial score (nSPS) is 10.0. The SMILES string of the molecule is CC(O)c1ccccc1.CN.CS. The molecule has 0 saturated heterocycles. The number of aliphatic hydroxyl groups is 1. The minimum absolute atomic E-state index is 0.341. The van der Waals surface area contributed by atoms with Gasteiger partial charge in [0.1, 0.15) is 0 Å². The van der Waals surface area contributed by atoms with Crippen LogP contribution in [0.2, 0.25) is 0 Å². The van der Waals surface area contributed by atoms with E-state index in [4.69, 9.17) is 5.11 Å². The summed E-state index contributed by atoms with van der Waals surface area (Å²) < 4.78 is 0. The quantitative estimate of drug-likeness (QED) is 0.607. The van der Waals surface area contributed by atoms with Crippen molar-refractivity contribution in [3.8, 4) is 0 Å². The Labute approximate surface area is 86.2 Å². The first-order valence-corrected chi connectivity index (χ1v) is 4.95. The fraction of sp³-hybridized carbons (Fsp3) is 0.400. The molecule has 1 rings (SSSR count). The summed E-state index contributed by atoms with van der Waals surface area (Å²) in [5.41, 5.74) is 5.47. The van der Waals surface area contributed by atoms with Gasteiger partial charge in [-0.1, -0.05) is 30.3 Å². The van der Waals surface area contributed by atoms with E-state index in [-0.39, 0.29) is 6.10 Å². The molecule has 0 spiro atoms. The van der Waals surface area contributed by atoms with E-state index >= 15 is 0 Å². The molecule has 1 aromatic rings. The Balaban J connectivity index is 0. The lowest BCUT2D eigenvalue weighted by atomic mass is 10.1. The molecule has 1 atom stereocenters. The van der Waals surface area contributed by atoms with Crippen molar-refractivity contribution in [2.45, 2.75) is 13.0 Å². The van der Waals surface area contributed by atoms with Crippen LogP contribution >= 0.6 is 12.6 Å². The lowest BCUT2D eigenvalue weighted by molar-refractivity contribution is 0.199. The molecule has 0 aromatic heterocycles. The van der Waals surface area contributed by atoms with Crippen LogP contribution in [0.25, 0.3) is 0 Å². The smallest absolute Gasteiger partial charge is 0.0761 e. The van der Waals surface area contributed by atoms with E-state index in [9.17, 15) is 0 Å². The highest BCUT2D eigenvalue weighted by Crippen LogP contribution is 2.08. The molecule has 2 nitrogen and oxygen atoms in total. The molecule has 0 bridgehead atoms. The molecule has 0 radical (unpaired) electrons. The summed E-state index contributed by atoms with van der Waals surface area (Å²) >= 11 is 3.53. The van der Waals surface area contributed by atoms with Gasteiger partial charge < -0.3 is 10.8 Å². The molecule has 0 heterocycles. The molecular weight excluding hydrogens is 182 g/mol. The first-order valence-electron chi connectivity index (χ1n) is 4.06. The predicted molar refractivity (Wildman–Crippen MR) is 62.1 cm³/mol. The zero-order chi connectivity index (χ0) is 10.7. The molecule has 3 N–H and O–H groups in total. The number of benzene rings is 1. The topological polar surface area (TPSA) is 46.2 Å². The fourth-order valence-corrected chi connectivity index (χ4v) is 0.732. The van der Waals surface area contributed by atoms with Crippen molar-refractivity contribution in [3.05, 3.63) is 35.9 Å². The molecule has 76 valence electrons. The Morgan fingerprint density at radius 2 is 1.54 bits per heavy atom. The van der Waals surface area contributed by atoms with Gasteiger partial charge in [-0.15, -0.1) is 0 Å². The third kappa shape index (κ3) is 7.84. The van der Waals surface area contributed by atoms with Gasteiger partial charge in [-0.3, -0.25) is 0 Å². The lowest BCUT2D eigenvalue weighted by Gasteiger charge is -2.00. The average molecular weight is 201 g/mol. The number of hydrogen-bond acceptors (Lipinski definition) is 3. The second-order valence-electron chi connectivity index (χ2n) is 2.09. The Hall–Kier alpha value is -0.510. The molecule has 0 amide bonds. The molecule has 1 unspecified atom stereocenters. The van der Waals surface area contributed by atoms with Crippen molar-refractivity contribution in [3.63, 3.8) is 0 Å². The highest BCUT2D eigenvalue weighted by molar-refractivity contribution is 7.79. The summed E-state index contributed by atoms with van der Waals surface area (Å²) in [5.74, 6) is 0. The third-order valence-corrected chi connectivity index (χ3v) is 1.28. The van der Waals surface area contributed by atoms with Gasteiger partial charge in [-0.2, -0.15) is 12.6 Å². The molecular formula is C10H19NOS. The number of hydrogen-bond donors (Lipinski definition) is 3. The second kappa shape index (κ2) is 11.5. The van der Waals surface area contributed by atoms with Gasteiger partial charge >= 0.3 is 0 Å². The number of rotatable bonds is 1. The van der Waals surface area contributed by atoms with E-state index in [1.54, 1.807) is 13.2 Å². The van der Waals surface area contributed by atoms with E-state index < -0.39 is 0 Å². The van der Waals surface area contributed by atoms with E-state index in [0.29, 0.717) is 0 Å². The van der Waals surface area contributed by atoms with E-state index in [0.717, 1.165) is 5.56 Å². The second-order valence-corrected chi connectivity index (χ2v) is 2.09. The Bertz CT molecular complexity index is 178. The van der Waals surface area contributed by atoms with Crippen LogP contribution in [0.1, 0.15) is 18.6 Å². The van der Waals surface area contributed by atoms with Crippen LogP contribution in [-0.4, -0.2) is 18.4 Å². The monoisotopic (exact) mass is 201 g/mol. The zero-order valence-corrected chi connectivity index (χ0v) is 9.33. The molecule has 0 aliphatic carbocycles.